The topological polar surface area (TPSA) is 3.24 Å². The van der Waals surface area contributed by atoms with E-state index < -0.39 is 0 Å². The molecule has 0 aromatic carbocycles. The standard InChI is InChI=1S/C13H27N/c1-5-8-9-13(4)10-12-14(7-3)11-6-2/h10,12-13H,5-9,11H2,1-4H3/b12-10+. The van der Waals surface area contributed by atoms with Crippen LogP contribution in [0.25, 0.3) is 0 Å². The SMILES string of the molecule is CCCCC(C)/C=C/N(CC)CCC. The van der Waals surface area contributed by atoms with Gasteiger partial charge in [0, 0.05) is 13.1 Å². The second kappa shape index (κ2) is 9.11. The lowest BCUT2D eigenvalue weighted by Gasteiger charge is -2.17. The van der Waals surface area contributed by atoms with Crippen LogP contribution < -0.4 is 0 Å². The van der Waals surface area contributed by atoms with Gasteiger partial charge in [0.15, 0.2) is 0 Å². The van der Waals surface area contributed by atoms with Crippen LogP contribution in [0.2, 0.25) is 0 Å². The van der Waals surface area contributed by atoms with Gasteiger partial charge in [0.2, 0.25) is 0 Å². The number of nitrogens with zero attached hydrogens (tertiary/aromatic N) is 1. The molecular formula is C13H27N. The molecule has 0 saturated heterocycles. The first kappa shape index (κ1) is 13.5. The fraction of sp³-hybridized carbons (Fsp3) is 0.846. The molecule has 0 heterocycles. The molecule has 0 bridgehead atoms. The Morgan fingerprint density at radius 2 is 1.86 bits per heavy atom. The Labute approximate surface area is 90.2 Å². The molecule has 0 N–H and O–H groups in total. The van der Waals surface area contributed by atoms with Gasteiger partial charge in [-0.05, 0) is 31.9 Å². The molecule has 0 aliphatic rings. The summed E-state index contributed by atoms with van der Waals surface area (Å²) in [6.07, 6.45) is 9.87. The average Bonchev–Trinajstić information content (AvgIpc) is 2.21. The summed E-state index contributed by atoms with van der Waals surface area (Å²) in [4.78, 5) is 2.39. The summed E-state index contributed by atoms with van der Waals surface area (Å²) in [5.41, 5.74) is 0. The van der Waals surface area contributed by atoms with E-state index in [-0.39, 0.29) is 0 Å². The van der Waals surface area contributed by atoms with Gasteiger partial charge >= 0.3 is 0 Å². The Hall–Kier alpha value is -0.460. The molecule has 14 heavy (non-hydrogen) atoms. The van der Waals surface area contributed by atoms with Crippen molar-refractivity contribution in [3.8, 4) is 0 Å². The first-order valence-corrected chi connectivity index (χ1v) is 6.16. The second-order valence-corrected chi connectivity index (χ2v) is 4.09. The maximum absolute atomic E-state index is 2.39. The molecule has 1 atom stereocenters. The molecule has 0 aliphatic carbocycles. The molecule has 84 valence electrons. The van der Waals surface area contributed by atoms with Crippen LogP contribution in [0.5, 0.6) is 0 Å². The van der Waals surface area contributed by atoms with Gasteiger partial charge in [-0.3, -0.25) is 0 Å². The molecule has 1 heteroatoms. The molecule has 0 amide bonds. The minimum Gasteiger partial charge on any atom is -0.378 e. The monoisotopic (exact) mass is 197 g/mol. The van der Waals surface area contributed by atoms with Crippen molar-refractivity contribution in [2.45, 2.75) is 53.4 Å². The predicted molar refractivity (Wildman–Crippen MR) is 65.4 cm³/mol. The minimum absolute atomic E-state index is 0.737. The zero-order valence-corrected chi connectivity index (χ0v) is 10.4. The molecule has 0 spiro atoms. The second-order valence-electron chi connectivity index (χ2n) is 4.09. The van der Waals surface area contributed by atoms with E-state index in [1.165, 1.54) is 32.2 Å². The van der Waals surface area contributed by atoms with Gasteiger partial charge in [-0.2, -0.15) is 0 Å². The predicted octanol–water partition coefficient (Wildman–Crippen LogP) is 4.06. The van der Waals surface area contributed by atoms with Gasteiger partial charge in [0.1, 0.15) is 0 Å². The first-order valence-electron chi connectivity index (χ1n) is 6.16. The normalized spacial score (nSPS) is 13.4. The Morgan fingerprint density at radius 3 is 2.36 bits per heavy atom. The third-order valence-corrected chi connectivity index (χ3v) is 2.56. The smallest absolute Gasteiger partial charge is 0.0169 e. The Kier molecular flexibility index (Phi) is 8.81. The van der Waals surface area contributed by atoms with E-state index in [0.29, 0.717) is 0 Å². The van der Waals surface area contributed by atoms with Crippen molar-refractivity contribution < 1.29 is 0 Å². The van der Waals surface area contributed by atoms with Crippen LogP contribution >= 0.6 is 0 Å². The maximum Gasteiger partial charge on any atom is 0.0169 e. The molecule has 0 aliphatic heterocycles. The zero-order valence-electron chi connectivity index (χ0n) is 10.4. The van der Waals surface area contributed by atoms with E-state index >= 15 is 0 Å². The fourth-order valence-electron chi connectivity index (χ4n) is 1.52. The van der Waals surface area contributed by atoms with Crippen molar-refractivity contribution in [1.29, 1.82) is 0 Å². The van der Waals surface area contributed by atoms with E-state index in [4.69, 9.17) is 0 Å². The largest absolute Gasteiger partial charge is 0.378 e. The van der Waals surface area contributed by atoms with E-state index in [1.54, 1.807) is 0 Å². The van der Waals surface area contributed by atoms with E-state index in [0.717, 1.165) is 12.5 Å². The van der Waals surface area contributed by atoms with E-state index in [9.17, 15) is 0 Å². The fourth-order valence-corrected chi connectivity index (χ4v) is 1.52. The van der Waals surface area contributed by atoms with Crippen LogP contribution in [0.1, 0.15) is 53.4 Å². The van der Waals surface area contributed by atoms with Crippen molar-refractivity contribution in [3.63, 3.8) is 0 Å². The van der Waals surface area contributed by atoms with Gasteiger partial charge in [0.25, 0.3) is 0 Å². The van der Waals surface area contributed by atoms with Crippen molar-refractivity contribution in [3.05, 3.63) is 12.3 Å². The molecule has 0 saturated carbocycles. The van der Waals surface area contributed by atoms with Crippen molar-refractivity contribution in [1.82, 2.24) is 4.90 Å². The van der Waals surface area contributed by atoms with E-state index in [1.807, 2.05) is 0 Å². The number of rotatable bonds is 8. The lowest BCUT2D eigenvalue weighted by atomic mass is 10.0. The molecule has 1 unspecified atom stereocenters. The highest BCUT2D eigenvalue weighted by Gasteiger charge is 1.97. The van der Waals surface area contributed by atoms with Crippen LogP contribution in [0.3, 0.4) is 0 Å². The van der Waals surface area contributed by atoms with Gasteiger partial charge in [-0.1, -0.05) is 39.7 Å². The summed E-state index contributed by atoms with van der Waals surface area (Å²) in [6.45, 7) is 11.3. The van der Waals surface area contributed by atoms with Gasteiger partial charge in [0.05, 0.1) is 0 Å². The summed E-state index contributed by atoms with van der Waals surface area (Å²) >= 11 is 0. The minimum atomic E-state index is 0.737. The summed E-state index contributed by atoms with van der Waals surface area (Å²) in [5, 5.41) is 0. The first-order chi connectivity index (χ1) is 6.74. The molecule has 1 nitrogen and oxygen atoms in total. The van der Waals surface area contributed by atoms with Gasteiger partial charge in [-0.15, -0.1) is 0 Å². The quantitative estimate of drug-likeness (QED) is 0.567. The van der Waals surface area contributed by atoms with Crippen molar-refractivity contribution in [2.75, 3.05) is 13.1 Å². The Balaban J connectivity index is 3.74. The molecule has 0 radical (unpaired) electrons. The summed E-state index contributed by atoms with van der Waals surface area (Å²) in [5.74, 6) is 0.737. The lowest BCUT2D eigenvalue weighted by Crippen LogP contribution is -2.17. The van der Waals surface area contributed by atoms with Crippen LogP contribution in [0.15, 0.2) is 12.3 Å². The number of allylic oxidation sites excluding steroid dienone is 1. The van der Waals surface area contributed by atoms with Crippen LogP contribution in [-0.2, 0) is 0 Å². The number of hydrogen-bond donors (Lipinski definition) is 0. The summed E-state index contributed by atoms with van der Waals surface area (Å²) in [6, 6.07) is 0. The number of unbranched alkanes of at least 4 members (excludes halogenated alkanes) is 1. The van der Waals surface area contributed by atoms with Crippen molar-refractivity contribution in [2.24, 2.45) is 5.92 Å². The van der Waals surface area contributed by atoms with Crippen LogP contribution in [0.4, 0.5) is 0 Å². The molecule has 0 rings (SSSR count). The zero-order chi connectivity index (χ0) is 10.8. The summed E-state index contributed by atoms with van der Waals surface area (Å²) in [7, 11) is 0. The molecule has 0 aromatic heterocycles. The van der Waals surface area contributed by atoms with E-state index in [2.05, 4.69) is 44.9 Å². The average molecular weight is 197 g/mol. The van der Waals surface area contributed by atoms with Crippen LogP contribution in [-0.4, -0.2) is 18.0 Å². The van der Waals surface area contributed by atoms with Gasteiger partial charge < -0.3 is 4.90 Å². The van der Waals surface area contributed by atoms with Crippen LogP contribution in [0, 0.1) is 5.92 Å². The van der Waals surface area contributed by atoms with Gasteiger partial charge in [-0.25, -0.2) is 0 Å². The summed E-state index contributed by atoms with van der Waals surface area (Å²) < 4.78 is 0. The molecule has 0 fully saturated rings. The third kappa shape index (κ3) is 6.99. The Morgan fingerprint density at radius 1 is 1.14 bits per heavy atom. The number of hydrogen-bond acceptors (Lipinski definition) is 1. The highest BCUT2D eigenvalue weighted by atomic mass is 15.1. The molecule has 0 aromatic rings. The van der Waals surface area contributed by atoms with Crippen molar-refractivity contribution >= 4 is 0 Å². The third-order valence-electron chi connectivity index (χ3n) is 2.56. The highest BCUT2D eigenvalue weighted by molar-refractivity contribution is 4.86. The molecular weight excluding hydrogens is 170 g/mol. The lowest BCUT2D eigenvalue weighted by molar-refractivity contribution is 0.392. The highest BCUT2D eigenvalue weighted by Crippen LogP contribution is 2.09. The maximum atomic E-state index is 2.39. The Bertz CT molecular complexity index is 140.